The van der Waals surface area contributed by atoms with Crippen molar-refractivity contribution in [2.75, 3.05) is 39.8 Å². The van der Waals surface area contributed by atoms with Crippen LogP contribution in [0.5, 0.6) is 0 Å². The smallest absolute Gasteiger partial charge is 0.251 e. The quantitative estimate of drug-likeness (QED) is 0.644. The molecular formula is C15H23N5O2S. The van der Waals surface area contributed by atoms with Gasteiger partial charge in [-0.2, -0.15) is 0 Å². The van der Waals surface area contributed by atoms with Crippen molar-refractivity contribution in [2.24, 2.45) is 4.99 Å². The Kier molecular flexibility index (Phi) is 5.45. The Morgan fingerprint density at radius 1 is 1.43 bits per heavy atom. The molecule has 3 rings (SSSR count). The average molecular weight is 337 g/mol. The Morgan fingerprint density at radius 2 is 2.22 bits per heavy atom. The maximum Gasteiger partial charge on any atom is 0.251 e. The van der Waals surface area contributed by atoms with Gasteiger partial charge in [0.1, 0.15) is 11.1 Å². The van der Waals surface area contributed by atoms with Gasteiger partial charge in [0, 0.05) is 51.4 Å². The van der Waals surface area contributed by atoms with Gasteiger partial charge in [-0.15, -0.1) is 11.3 Å². The summed E-state index contributed by atoms with van der Waals surface area (Å²) in [5.41, 5.74) is 0. The van der Waals surface area contributed by atoms with E-state index in [1.165, 1.54) is 0 Å². The molecule has 8 heteroatoms. The van der Waals surface area contributed by atoms with Crippen molar-refractivity contribution >= 4 is 23.2 Å². The molecule has 0 aromatic carbocycles. The molecule has 0 aliphatic carbocycles. The molecule has 2 aliphatic rings. The molecule has 1 aromatic rings. The molecule has 1 amide bonds. The van der Waals surface area contributed by atoms with Gasteiger partial charge in [-0.3, -0.25) is 9.79 Å². The van der Waals surface area contributed by atoms with Crippen LogP contribution in [0, 0.1) is 0 Å². The van der Waals surface area contributed by atoms with E-state index in [1.807, 2.05) is 10.3 Å². The number of aromatic nitrogens is 1. The number of guanidine groups is 1. The minimum atomic E-state index is -0.219. The fourth-order valence-corrected chi connectivity index (χ4v) is 3.50. The molecule has 0 saturated carbocycles. The highest BCUT2D eigenvalue weighted by molar-refractivity contribution is 7.09. The molecule has 2 fully saturated rings. The summed E-state index contributed by atoms with van der Waals surface area (Å²) in [4.78, 5) is 25.1. The number of hydrogen-bond donors (Lipinski definition) is 1. The van der Waals surface area contributed by atoms with Crippen LogP contribution >= 0.6 is 11.3 Å². The van der Waals surface area contributed by atoms with Crippen LogP contribution in [0.3, 0.4) is 0 Å². The highest BCUT2D eigenvalue weighted by Crippen LogP contribution is 2.16. The lowest BCUT2D eigenvalue weighted by atomic mass is 10.2. The van der Waals surface area contributed by atoms with E-state index in [4.69, 9.17) is 4.74 Å². The number of hydrogen-bond acceptors (Lipinski definition) is 5. The molecule has 1 unspecified atom stereocenters. The Bertz CT molecular complexity index is 534. The van der Waals surface area contributed by atoms with Crippen LogP contribution in [0.4, 0.5) is 0 Å². The summed E-state index contributed by atoms with van der Waals surface area (Å²) in [6.45, 7) is 4.41. The zero-order valence-corrected chi connectivity index (χ0v) is 14.2. The molecule has 2 aliphatic heterocycles. The van der Waals surface area contributed by atoms with Crippen LogP contribution in [-0.2, 0) is 16.1 Å². The molecule has 2 saturated heterocycles. The second-order valence-electron chi connectivity index (χ2n) is 5.64. The lowest BCUT2D eigenvalue weighted by Gasteiger charge is -2.37. The molecule has 23 heavy (non-hydrogen) atoms. The first-order valence-corrected chi connectivity index (χ1v) is 8.90. The predicted molar refractivity (Wildman–Crippen MR) is 89.4 cm³/mol. The highest BCUT2D eigenvalue weighted by Gasteiger charge is 2.30. The second-order valence-corrected chi connectivity index (χ2v) is 6.62. The number of amides is 1. The SMILES string of the molecule is CN=C(NCc1nccs1)N1CCN(C(=O)C2CCCO2)CC1. The van der Waals surface area contributed by atoms with Crippen molar-refractivity contribution in [2.45, 2.75) is 25.5 Å². The first kappa shape index (κ1) is 16.2. The van der Waals surface area contributed by atoms with Crippen LogP contribution in [-0.4, -0.2) is 72.6 Å². The summed E-state index contributed by atoms with van der Waals surface area (Å²) in [6.07, 6.45) is 3.43. The first-order chi connectivity index (χ1) is 11.3. The lowest BCUT2D eigenvalue weighted by Crippen LogP contribution is -2.55. The summed E-state index contributed by atoms with van der Waals surface area (Å²) >= 11 is 1.63. The van der Waals surface area contributed by atoms with Gasteiger partial charge in [-0.05, 0) is 12.8 Å². The number of rotatable bonds is 3. The van der Waals surface area contributed by atoms with Crippen LogP contribution in [0.15, 0.2) is 16.6 Å². The van der Waals surface area contributed by atoms with E-state index in [0.717, 1.165) is 50.0 Å². The molecule has 0 bridgehead atoms. The highest BCUT2D eigenvalue weighted by atomic mass is 32.1. The van der Waals surface area contributed by atoms with Gasteiger partial charge in [0.05, 0.1) is 6.54 Å². The molecule has 1 N–H and O–H groups in total. The molecule has 0 spiro atoms. The third-order valence-corrected chi connectivity index (χ3v) is 4.97. The van der Waals surface area contributed by atoms with E-state index in [-0.39, 0.29) is 12.0 Å². The predicted octanol–water partition coefficient (Wildman–Crippen LogP) is 0.542. The molecule has 1 aromatic heterocycles. The number of piperazine rings is 1. The summed E-state index contributed by atoms with van der Waals surface area (Å²) < 4.78 is 5.50. The minimum Gasteiger partial charge on any atom is -0.368 e. The molecule has 0 radical (unpaired) electrons. The standard InChI is InChI=1S/C15H23N5O2S/c1-16-15(18-11-13-17-4-10-23-13)20-7-5-19(6-8-20)14(21)12-3-2-9-22-12/h4,10,12H,2-3,5-9,11H2,1H3,(H,16,18). The van der Waals surface area contributed by atoms with E-state index in [9.17, 15) is 4.79 Å². The number of carbonyl (C=O) groups is 1. The third kappa shape index (κ3) is 4.00. The summed E-state index contributed by atoms with van der Waals surface area (Å²) in [5, 5.41) is 6.34. The largest absolute Gasteiger partial charge is 0.368 e. The van der Waals surface area contributed by atoms with E-state index in [2.05, 4.69) is 20.2 Å². The van der Waals surface area contributed by atoms with Gasteiger partial charge < -0.3 is 19.9 Å². The monoisotopic (exact) mass is 337 g/mol. The van der Waals surface area contributed by atoms with Crippen LogP contribution in [0.1, 0.15) is 17.8 Å². The van der Waals surface area contributed by atoms with E-state index in [0.29, 0.717) is 13.2 Å². The number of carbonyl (C=O) groups excluding carboxylic acids is 1. The number of nitrogens with zero attached hydrogens (tertiary/aromatic N) is 4. The van der Waals surface area contributed by atoms with Gasteiger partial charge in [-0.1, -0.05) is 0 Å². The number of aliphatic imine (C=N–C) groups is 1. The van der Waals surface area contributed by atoms with Crippen molar-refractivity contribution in [1.29, 1.82) is 0 Å². The zero-order valence-electron chi connectivity index (χ0n) is 13.4. The van der Waals surface area contributed by atoms with Gasteiger partial charge in [-0.25, -0.2) is 4.98 Å². The Balaban J connectivity index is 1.47. The lowest BCUT2D eigenvalue weighted by molar-refractivity contribution is -0.142. The van der Waals surface area contributed by atoms with Gasteiger partial charge in [0.25, 0.3) is 5.91 Å². The second kappa shape index (κ2) is 7.74. The fourth-order valence-electron chi connectivity index (χ4n) is 2.94. The average Bonchev–Trinajstić information content (AvgIpc) is 3.29. The van der Waals surface area contributed by atoms with E-state index < -0.39 is 0 Å². The summed E-state index contributed by atoms with van der Waals surface area (Å²) in [7, 11) is 1.79. The van der Waals surface area contributed by atoms with Crippen molar-refractivity contribution in [3.63, 3.8) is 0 Å². The molecule has 1 atom stereocenters. The van der Waals surface area contributed by atoms with Crippen molar-refractivity contribution in [1.82, 2.24) is 20.1 Å². The van der Waals surface area contributed by atoms with Crippen molar-refractivity contribution in [3.05, 3.63) is 16.6 Å². The Hall–Kier alpha value is -1.67. The summed E-state index contributed by atoms with van der Waals surface area (Å²) in [6, 6.07) is 0. The van der Waals surface area contributed by atoms with Gasteiger partial charge in [0.15, 0.2) is 5.96 Å². The fraction of sp³-hybridized carbons (Fsp3) is 0.667. The topological polar surface area (TPSA) is 70.1 Å². The Morgan fingerprint density at radius 3 is 2.83 bits per heavy atom. The van der Waals surface area contributed by atoms with E-state index >= 15 is 0 Å². The first-order valence-electron chi connectivity index (χ1n) is 8.02. The molecule has 3 heterocycles. The zero-order chi connectivity index (χ0) is 16.1. The molecular weight excluding hydrogens is 314 g/mol. The number of nitrogens with one attached hydrogen (secondary N) is 1. The minimum absolute atomic E-state index is 0.146. The van der Waals surface area contributed by atoms with Crippen LogP contribution in [0.25, 0.3) is 0 Å². The molecule has 126 valence electrons. The van der Waals surface area contributed by atoms with E-state index in [1.54, 1.807) is 24.6 Å². The van der Waals surface area contributed by atoms with Crippen molar-refractivity contribution in [3.8, 4) is 0 Å². The van der Waals surface area contributed by atoms with Gasteiger partial charge >= 0.3 is 0 Å². The Labute approximate surface area is 140 Å². The maximum atomic E-state index is 12.4. The third-order valence-electron chi connectivity index (χ3n) is 4.19. The number of ether oxygens (including phenoxy) is 1. The normalized spacial score (nSPS) is 22.5. The van der Waals surface area contributed by atoms with Gasteiger partial charge in [0.2, 0.25) is 0 Å². The molecule has 7 nitrogen and oxygen atoms in total. The summed E-state index contributed by atoms with van der Waals surface area (Å²) in [5.74, 6) is 1.01. The maximum absolute atomic E-state index is 12.4. The van der Waals surface area contributed by atoms with Crippen LogP contribution < -0.4 is 5.32 Å². The van der Waals surface area contributed by atoms with Crippen molar-refractivity contribution < 1.29 is 9.53 Å². The number of thiazole rings is 1. The van der Waals surface area contributed by atoms with Crippen LogP contribution in [0.2, 0.25) is 0 Å².